The molecule has 0 radical (unpaired) electrons. The standard InChI is InChI=1S/C16H30N4S/c1-4-19(5-2)10-7-11-20(6-3)16-18-13-15(21-16)12-17-14-8-9-14/h13-14,17H,4-12H2,1-3H3. The van der Waals surface area contributed by atoms with Crippen molar-refractivity contribution in [3.05, 3.63) is 11.1 Å². The molecule has 0 aliphatic heterocycles. The van der Waals surface area contributed by atoms with E-state index in [2.05, 4.69) is 40.9 Å². The van der Waals surface area contributed by atoms with Gasteiger partial charge in [-0.25, -0.2) is 4.98 Å². The van der Waals surface area contributed by atoms with Crippen LogP contribution in [0.2, 0.25) is 0 Å². The van der Waals surface area contributed by atoms with Gasteiger partial charge in [0, 0.05) is 36.8 Å². The van der Waals surface area contributed by atoms with Gasteiger partial charge in [-0.3, -0.25) is 0 Å². The second-order valence-electron chi connectivity index (χ2n) is 5.72. The number of rotatable bonds is 11. The van der Waals surface area contributed by atoms with Crippen LogP contribution in [0.25, 0.3) is 0 Å². The van der Waals surface area contributed by atoms with Crippen molar-refractivity contribution < 1.29 is 0 Å². The fraction of sp³-hybridized carbons (Fsp3) is 0.812. The molecule has 0 bridgehead atoms. The Balaban J connectivity index is 1.76. The van der Waals surface area contributed by atoms with Crippen LogP contribution >= 0.6 is 11.3 Å². The lowest BCUT2D eigenvalue weighted by Gasteiger charge is -2.23. The molecule has 0 unspecified atom stereocenters. The minimum Gasteiger partial charge on any atom is -0.348 e. The maximum Gasteiger partial charge on any atom is 0.185 e. The van der Waals surface area contributed by atoms with Gasteiger partial charge < -0.3 is 15.1 Å². The van der Waals surface area contributed by atoms with E-state index in [1.807, 2.05) is 17.5 Å². The fourth-order valence-electron chi connectivity index (χ4n) is 2.47. The van der Waals surface area contributed by atoms with Gasteiger partial charge in [0.2, 0.25) is 0 Å². The van der Waals surface area contributed by atoms with Crippen LogP contribution in [-0.2, 0) is 6.54 Å². The molecule has 120 valence electrons. The molecule has 1 aliphatic rings. The summed E-state index contributed by atoms with van der Waals surface area (Å²) in [5, 5.41) is 4.75. The highest BCUT2D eigenvalue weighted by Crippen LogP contribution is 2.24. The van der Waals surface area contributed by atoms with Gasteiger partial charge in [-0.2, -0.15) is 0 Å². The third-order valence-corrected chi connectivity index (χ3v) is 5.19. The monoisotopic (exact) mass is 310 g/mol. The molecule has 1 N–H and O–H groups in total. The van der Waals surface area contributed by atoms with Crippen LogP contribution in [0.1, 0.15) is 44.9 Å². The minimum atomic E-state index is 0.770. The van der Waals surface area contributed by atoms with Gasteiger partial charge in [-0.15, -0.1) is 11.3 Å². The van der Waals surface area contributed by atoms with Gasteiger partial charge >= 0.3 is 0 Å². The van der Waals surface area contributed by atoms with Gasteiger partial charge in [-0.1, -0.05) is 13.8 Å². The molecule has 4 nitrogen and oxygen atoms in total. The van der Waals surface area contributed by atoms with Crippen LogP contribution in [0.15, 0.2) is 6.20 Å². The minimum absolute atomic E-state index is 0.770. The topological polar surface area (TPSA) is 31.4 Å². The largest absolute Gasteiger partial charge is 0.348 e. The van der Waals surface area contributed by atoms with E-state index in [1.165, 1.54) is 35.8 Å². The van der Waals surface area contributed by atoms with E-state index in [9.17, 15) is 0 Å². The Labute approximate surface area is 133 Å². The molecule has 1 aromatic heterocycles. The summed E-state index contributed by atoms with van der Waals surface area (Å²) in [5.41, 5.74) is 0. The Kier molecular flexibility index (Phi) is 6.93. The number of hydrogen-bond donors (Lipinski definition) is 1. The summed E-state index contributed by atoms with van der Waals surface area (Å²) in [6, 6.07) is 0.770. The van der Waals surface area contributed by atoms with Gasteiger partial charge in [0.25, 0.3) is 0 Å². The normalized spacial score (nSPS) is 14.9. The average Bonchev–Trinajstić information content (AvgIpc) is 3.23. The molecule has 1 heterocycles. The molecule has 0 spiro atoms. The number of aromatic nitrogens is 1. The van der Waals surface area contributed by atoms with Crippen LogP contribution in [0.4, 0.5) is 5.13 Å². The van der Waals surface area contributed by atoms with Crippen molar-refractivity contribution in [1.82, 2.24) is 15.2 Å². The second kappa shape index (κ2) is 8.71. The Morgan fingerprint density at radius 2 is 1.95 bits per heavy atom. The van der Waals surface area contributed by atoms with Gasteiger partial charge in [0.05, 0.1) is 0 Å². The first-order valence-electron chi connectivity index (χ1n) is 8.42. The molecule has 1 saturated carbocycles. The first-order valence-corrected chi connectivity index (χ1v) is 9.23. The van der Waals surface area contributed by atoms with Crippen molar-refractivity contribution >= 4 is 16.5 Å². The summed E-state index contributed by atoms with van der Waals surface area (Å²) >= 11 is 1.84. The molecule has 1 aromatic rings. The van der Waals surface area contributed by atoms with E-state index in [1.54, 1.807) is 0 Å². The molecule has 1 aliphatic carbocycles. The lowest BCUT2D eigenvalue weighted by molar-refractivity contribution is 0.301. The zero-order valence-electron chi connectivity index (χ0n) is 13.8. The Morgan fingerprint density at radius 1 is 1.19 bits per heavy atom. The first-order chi connectivity index (χ1) is 10.3. The fourth-order valence-corrected chi connectivity index (χ4v) is 3.42. The van der Waals surface area contributed by atoms with Crippen LogP contribution in [-0.4, -0.2) is 48.6 Å². The SMILES string of the molecule is CCN(CC)CCCN(CC)c1ncc(CNC2CC2)s1. The zero-order valence-corrected chi connectivity index (χ0v) is 14.6. The lowest BCUT2D eigenvalue weighted by atomic mass is 10.3. The van der Waals surface area contributed by atoms with E-state index in [0.29, 0.717) is 0 Å². The maximum absolute atomic E-state index is 4.61. The van der Waals surface area contributed by atoms with E-state index in [0.717, 1.165) is 38.8 Å². The van der Waals surface area contributed by atoms with Crippen molar-refractivity contribution in [3.8, 4) is 0 Å². The molecule has 2 rings (SSSR count). The summed E-state index contributed by atoms with van der Waals surface area (Å²) in [5.74, 6) is 0. The third-order valence-electron chi connectivity index (χ3n) is 4.13. The number of nitrogens with one attached hydrogen (secondary N) is 1. The smallest absolute Gasteiger partial charge is 0.185 e. The number of thiazole rings is 1. The van der Waals surface area contributed by atoms with Crippen molar-refractivity contribution in [2.24, 2.45) is 0 Å². The highest BCUT2D eigenvalue weighted by molar-refractivity contribution is 7.15. The van der Waals surface area contributed by atoms with E-state index in [-0.39, 0.29) is 0 Å². The Bertz CT molecular complexity index is 399. The molecular weight excluding hydrogens is 280 g/mol. The molecule has 5 heteroatoms. The first kappa shape index (κ1) is 16.7. The Morgan fingerprint density at radius 3 is 2.57 bits per heavy atom. The molecule has 0 aromatic carbocycles. The molecule has 0 amide bonds. The zero-order chi connectivity index (χ0) is 15.1. The third kappa shape index (κ3) is 5.57. The lowest BCUT2D eigenvalue weighted by Crippen LogP contribution is -2.29. The second-order valence-corrected chi connectivity index (χ2v) is 6.82. The number of anilines is 1. The van der Waals surface area contributed by atoms with E-state index < -0.39 is 0 Å². The predicted octanol–water partition coefficient (Wildman–Crippen LogP) is 2.95. The highest BCUT2D eigenvalue weighted by atomic mass is 32.1. The quantitative estimate of drug-likeness (QED) is 0.681. The molecule has 1 fully saturated rings. The van der Waals surface area contributed by atoms with E-state index >= 15 is 0 Å². The number of hydrogen-bond acceptors (Lipinski definition) is 5. The van der Waals surface area contributed by atoms with Crippen LogP contribution in [0.3, 0.4) is 0 Å². The van der Waals surface area contributed by atoms with Crippen molar-refractivity contribution in [3.63, 3.8) is 0 Å². The predicted molar refractivity (Wildman–Crippen MR) is 92.3 cm³/mol. The van der Waals surface area contributed by atoms with Crippen molar-refractivity contribution in [2.75, 3.05) is 37.6 Å². The maximum atomic E-state index is 4.61. The Hall–Kier alpha value is -0.650. The summed E-state index contributed by atoms with van der Waals surface area (Å²) < 4.78 is 0. The van der Waals surface area contributed by atoms with E-state index in [4.69, 9.17) is 0 Å². The summed E-state index contributed by atoms with van der Waals surface area (Å²) in [4.78, 5) is 10.9. The average molecular weight is 311 g/mol. The molecule has 21 heavy (non-hydrogen) atoms. The van der Waals surface area contributed by atoms with Gasteiger partial charge in [0.1, 0.15) is 0 Å². The van der Waals surface area contributed by atoms with Crippen molar-refractivity contribution in [1.29, 1.82) is 0 Å². The molecule has 0 atom stereocenters. The number of nitrogens with zero attached hydrogens (tertiary/aromatic N) is 3. The van der Waals surface area contributed by atoms with Crippen molar-refractivity contribution in [2.45, 2.75) is 52.6 Å². The van der Waals surface area contributed by atoms with Crippen LogP contribution < -0.4 is 10.2 Å². The summed E-state index contributed by atoms with van der Waals surface area (Å²) in [6.07, 6.45) is 5.95. The highest BCUT2D eigenvalue weighted by Gasteiger charge is 2.20. The van der Waals surface area contributed by atoms with Crippen LogP contribution in [0, 0.1) is 0 Å². The summed E-state index contributed by atoms with van der Waals surface area (Å²) in [6.45, 7) is 13.3. The summed E-state index contributed by atoms with van der Waals surface area (Å²) in [7, 11) is 0. The van der Waals surface area contributed by atoms with Gasteiger partial charge in [-0.05, 0) is 45.8 Å². The molecule has 0 saturated heterocycles. The molecular formula is C16H30N4S. The van der Waals surface area contributed by atoms with Gasteiger partial charge in [0.15, 0.2) is 5.13 Å². The van der Waals surface area contributed by atoms with Crippen LogP contribution in [0.5, 0.6) is 0 Å².